The maximum Gasteiger partial charge on any atom is -0.0845 e. The molecule has 0 heterocycles. The average molecular weight is 297 g/mol. The molecule has 0 atom stereocenters. The summed E-state index contributed by atoms with van der Waals surface area (Å²) in [6, 6.07) is 0. The van der Waals surface area contributed by atoms with Crippen LogP contribution in [-0.4, -0.2) is 10.9 Å². The van der Waals surface area contributed by atoms with E-state index in [9.17, 15) is 0 Å². The summed E-state index contributed by atoms with van der Waals surface area (Å²) in [5, 5.41) is 0. The van der Waals surface area contributed by atoms with Crippen molar-refractivity contribution in [3.05, 3.63) is 28.0 Å². The van der Waals surface area contributed by atoms with Gasteiger partial charge < -0.3 is 30.5 Å². The molecule has 4 heteroatoms. The van der Waals surface area contributed by atoms with Crippen LogP contribution in [-0.2, 0) is 20.0 Å². The maximum absolute atomic E-state index is 6.21. The van der Waals surface area contributed by atoms with Gasteiger partial charge in [-0.05, 0) is 0 Å². The van der Waals surface area contributed by atoms with Gasteiger partial charge in [0, 0.05) is 0 Å². The first-order valence-corrected chi connectivity index (χ1v) is 5.91. The zero-order valence-electron chi connectivity index (χ0n) is 10.6. The molecule has 0 saturated heterocycles. The molecule has 0 aliphatic heterocycles. The fraction of sp³-hybridized carbons (Fsp3) is 0.583. The van der Waals surface area contributed by atoms with Crippen molar-refractivity contribution in [3.8, 4) is 0 Å². The Balaban J connectivity index is -0.000000306. The van der Waals surface area contributed by atoms with Gasteiger partial charge in [0.15, 0.2) is 0 Å². The minimum atomic E-state index is 0. The van der Waals surface area contributed by atoms with E-state index in [-0.39, 0.29) is 24.8 Å². The van der Waals surface area contributed by atoms with Gasteiger partial charge in [0.05, 0.1) is 0 Å². The topological polar surface area (TPSA) is 23.8 Å². The molecule has 0 fully saturated rings. The molecule has 0 radical (unpaired) electrons. The number of allylic oxidation sites excluding steroid dienone is 4. The molecule has 0 bridgehead atoms. The van der Waals surface area contributed by atoms with Gasteiger partial charge in [-0.25, -0.2) is 0 Å². The Labute approximate surface area is 124 Å². The quantitative estimate of drug-likeness (QED) is 0.486. The van der Waals surface area contributed by atoms with E-state index in [2.05, 4.69) is 52.0 Å². The van der Waals surface area contributed by atoms with Crippen LogP contribution in [0.15, 0.2) is 22.3 Å². The summed E-state index contributed by atoms with van der Waals surface area (Å²) in [6.45, 7) is 11.2. The fourth-order valence-corrected chi connectivity index (χ4v) is 2.41. The van der Waals surface area contributed by atoms with Crippen LogP contribution in [0.25, 0.3) is 5.73 Å². The number of hydrogen-bond acceptors (Lipinski definition) is 0. The molecule has 0 saturated carbocycles. The summed E-state index contributed by atoms with van der Waals surface area (Å²) in [5.74, 6) is 0.620. The van der Waals surface area contributed by atoms with Crippen molar-refractivity contribution in [1.82, 2.24) is 0 Å². The Morgan fingerprint density at radius 2 is 1.31 bits per heavy atom. The van der Waals surface area contributed by atoms with Gasteiger partial charge in [0.2, 0.25) is 0 Å². The third kappa shape index (κ3) is 5.29. The van der Waals surface area contributed by atoms with Gasteiger partial charge in [-0.15, -0.1) is 0 Å². The second kappa shape index (κ2) is 10.7. The van der Waals surface area contributed by atoms with Crippen LogP contribution >= 0.6 is 0 Å². The maximum atomic E-state index is 6.21. The number of hydrogen-bond donors (Lipinski definition) is 0. The van der Waals surface area contributed by atoms with Gasteiger partial charge in [0.25, 0.3) is 0 Å². The van der Waals surface area contributed by atoms with Crippen molar-refractivity contribution in [2.45, 2.75) is 34.6 Å². The summed E-state index contributed by atoms with van der Waals surface area (Å²) >= 11 is 2.14. The van der Waals surface area contributed by atoms with Crippen molar-refractivity contribution >= 4 is 4.31 Å². The predicted octanol–water partition coefficient (Wildman–Crippen LogP) is -2.30. The first-order valence-electron chi connectivity index (χ1n) is 5.01. The van der Waals surface area contributed by atoms with E-state index in [1.165, 1.54) is 22.3 Å². The van der Waals surface area contributed by atoms with Crippen LogP contribution < -0.4 is 24.8 Å². The second-order valence-corrected chi connectivity index (χ2v) is 4.13. The van der Waals surface area contributed by atoms with Crippen LogP contribution in [0.5, 0.6) is 0 Å². The van der Waals surface area contributed by atoms with Gasteiger partial charge in [-0.2, -0.15) is 6.54 Å². The Morgan fingerprint density at radius 3 is 1.44 bits per heavy atom. The fourth-order valence-electron chi connectivity index (χ4n) is 1.63. The molecule has 1 rings (SSSR count). The largest absolute Gasteiger partial charge is 1.00 e. The first kappa shape index (κ1) is 21.8. The molecule has 1 N–H and O–H groups in total. The second-order valence-electron chi connectivity index (χ2n) is 3.61. The Kier molecular flexibility index (Phi) is 14.7. The van der Waals surface area contributed by atoms with Crippen molar-refractivity contribution in [2.75, 3.05) is 6.54 Å². The standard InChI is InChI=1S/C10H14.C2H6N.2ClH.Ti/c1-6-7(2)9(4)10(5)8(6)3;1-2-3;;;/h1,6H,2-5H3;3H,2H2,1H3;2*1H;/q;-1;;;+2/p-2. The van der Waals surface area contributed by atoms with Crippen LogP contribution in [0.2, 0.25) is 0 Å². The smallest absolute Gasteiger partial charge is 0.0845 e. The SMILES string of the molecule is CC1=C(C)C([CH]=[Ti+2])C(C)=C1C.CC[NH-].[Cl-].[Cl-]. The monoisotopic (exact) mass is 296 g/mol. The molecule has 0 aromatic rings. The van der Waals surface area contributed by atoms with E-state index in [0.717, 1.165) is 0 Å². The van der Waals surface area contributed by atoms with E-state index in [1.54, 1.807) is 6.92 Å². The molecular formula is C12H20Cl2NTi-. The summed E-state index contributed by atoms with van der Waals surface area (Å²) in [4.78, 5) is 0. The van der Waals surface area contributed by atoms with Crippen LogP contribution in [0.1, 0.15) is 34.6 Å². The molecule has 16 heavy (non-hydrogen) atoms. The van der Waals surface area contributed by atoms with Gasteiger partial charge in [-0.1, -0.05) is 6.92 Å². The van der Waals surface area contributed by atoms with E-state index < -0.39 is 0 Å². The van der Waals surface area contributed by atoms with Crippen LogP contribution in [0.4, 0.5) is 0 Å². The molecule has 0 spiro atoms. The minimum Gasteiger partial charge on any atom is -1.00 e. The molecule has 1 nitrogen and oxygen atoms in total. The van der Waals surface area contributed by atoms with Crippen molar-refractivity contribution in [2.24, 2.45) is 5.92 Å². The molecule has 0 unspecified atom stereocenters. The number of halogens is 2. The number of rotatable bonds is 1. The zero-order valence-corrected chi connectivity index (χ0v) is 13.7. The molecule has 0 aromatic carbocycles. The molecule has 1 aliphatic carbocycles. The van der Waals surface area contributed by atoms with Gasteiger partial charge >= 0.3 is 80.2 Å². The van der Waals surface area contributed by atoms with E-state index in [0.29, 0.717) is 12.5 Å². The summed E-state index contributed by atoms with van der Waals surface area (Å²) in [5.41, 5.74) is 12.3. The van der Waals surface area contributed by atoms with Gasteiger partial charge in [-0.3, -0.25) is 0 Å². The van der Waals surface area contributed by atoms with Crippen LogP contribution in [0, 0.1) is 5.92 Å². The first-order chi connectivity index (χ1) is 6.51. The van der Waals surface area contributed by atoms with Crippen molar-refractivity contribution in [3.63, 3.8) is 0 Å². The molecule has 92 valence electrons. The molecule has 0 aromatic heterocycles. The zero-order chi connectivity index (χ0) is 11.3. The Morgan fingerprint density at radius 1 is 1.06 bits per heavy atom. The average Bonchev–Trinajstić information content (AvgIpc) is 2.33. The van der Waals surface area contributed by atoms with Crippen LogP contribution in [0.3, 0.4) is 0 Å². The van der Waals surface area contributed by atoms with E-state index in [4.69, 9.17) is 5.73 Å². The minimum absolute atomic E-state index is 0. The van der Waals surface area contributed by atoms with E-state index in [1.807, 2.05) is 0 Å². The van der Waals surface area contributed by atoms with Gasteiger partial charge in [0.1, 0.15) is 0 Å². The molecule has 1 aliphatic rings. The van der Waals surface area contributed by atoms with Crippen molar-refractivity contribution in [1.29, 1.82) is 0 Å². The Bertz CT molecular complexity index is 259. The predicted molar refractivity (Wildman–Crippen MR) is 61.2 cm³/mol. The Hall–Kier alpha value is 0.604. The molecular weight excluding hydrogens is 277 g/mol. The summed E-state index contributed by atoms with van der Waals surface area (Å²) in [6.07, 6.45) is 0. The summed E-state index contributed by atoms with van der Waals surface area (Å²) < 4.78 is 2.28. The number of nitrogens with one attached hydrogen (secondary N) is 1. The third-order valence-electron chi connectivity index (χ3n) is 2.85. The van der Waals surface area contributed by atoms with E-state index >= 15 is 0 Å². The third-order valence-corrected chi connectivity index (χ3v) is 3.37. The van der Waals surface area contributed by atoms with Crippen molar-refractivity contribution < 1.29 is 44.8 Å². The normalized spacial score (nSPS) is 15.0. The summed E-state index contributed by atoms with van der Waals surface area (Å²) in [7, 11) is 0. The molecule has 0 amide bonds.